The normalized spacial score (nSPS) is 12.6. The van der Waals surface area contributed by atoms with Gasteiger partial charge in [-0.1, -0.05) is 36.3 Å². The van der Waals surface area contributed by atoms with Gasteiger partial charge in [-0.25, -0.2) is 12.8 Å². The van der Waals surface area contributed by atoms with Crippen molar-refractivity contribution in [3.8, 4) is 12.3 Å². The highest BCUT2D eigenvalue weighted by atomic mass is 32.2. The molecule has 1 N–H and O–H groups in total. The van der Waals surface area contributed by atoms with Gasteiger partial charge in [0.1, 0.15) is 11.9 Å². The van der Waals surface area contributed by atoms with Crippen molar-refractivity contribution in [3.05, 3.63) is 65.5 Å². The van der Waals surface area contributed by atoms with E-state index >= 15 is 0 Å². The smallest absolute Gasteiger partial charge is 0.322 e. The second-order valence-electron chi connectivity index (χ2n) is 5.35. The van der Waals surface area contributed by atoms with Crippen LogP contribution in [0.1, 0.15) is 11.1 Å². The van der Waals surface area contributed by atoms with Gasteiger partial charge < -0.3 is 5.11 Å². The van der Waals surface area contributed by atoms with Crippen molar-refractivity contribution in [1.29, 1.82) is 0 Å². The van der Waals surface area contributed by atoms with Crippen molar-refractivity contribution in [1.82, 2.24) is 4.31 Å². The number of carboxylic acids is 1. The molecular formula is C18H16FNO4S. The van der Waals surface area contributed by atoms with Crippen molar-refractivity contribution in [3.63, 3.8) is 0 Å². The van der Waals surface area contributed by atoms with Gasteiger partial charge in [-0.15, -0.1) is 6.42 Å². The first-order chi connectivity index (χ1) is 11.8. The molecule has 0 amide bonds. The molecule has 0 fully saturated rings. The van der Waals surface area contributed by atoms with Crippen LogP contribution < -0.4 is 0 Å². The maximum Gasteiger partial charge on any atom is 0.322 e. The van der Waals surface area contributed by atoms with Gasteiger partial charge in [0.25, 0.3) is 0 Å². The average molecular weight is 361 g/mol. The van der Waals surface area contributed by atoms with Crippen LogP contribution in [0.4, 0.5) is 4.39 Å². The van der Waals surface area contributed by atoms with E-state index in [9.17, 15) is 22.7 Å². The number of benzene rings is 2. The first-order valence-electron chi connectivity index (χ1n) is 7.28. The second kappa shape index (κ2) is 7.47. The Labute approximate surface area is 145 Å². The fourth-order valence-corrected chi connectivity index (χ4v) is 3.64. The fourth-order valence-electron chi connectivity index (χ4n) is 2.32. The Balaban J connectivity index is 2.37. The van der Waals surface area contributed by atoms with E-state index in [1.807, 2.05) is 0 Å². The number of carbonyl (C=O) groups is 1. The van der Waals surface area contributed by atoms with Crippen molar-refractivity contribution >= 4 is 16.0 Å². The molecule has 0 spiro atoms. The molecule has 1 atom stereocenters. The molecule has 0 radical (unpaired) electrons. The standard InChI is InChI=1S/C18H16FNO4S/c1-3-14-9-10-15(12-16(14)19)25(23,24)20(2)17(18(21)22)11-13-7-5-4-6-8-13/h1,4-10,12,17H,11H2,2H3,(H,21,22)/t17-/m0/s1. The van der Waals surface area contributed by atoms with Crippen molar-refractivity contribution in [2.75, 3.05) is 7.05 Å². The quantitative estimate of drug-likeness (QED) is 0.800. The van der Waals surface area contributed by atoms with Crippen LogP contribution >= 0.6 is 0 Å². The first kappa shape index (κ1) is 18.6. The molecule has 0 heterocycles. The largest absolute Gasteiger partial charge is 0.480 e. The maximum atomic E-state index is 13.8. The molecule has 7 heteroatoms. The molecule has 2 rings (SSSR count). The predicted molar refractivity (Wildman–Crippen MR) is 90.9 cm³/mol. The number of hydrogen-bond acceptors (Lipinski definition) is 3. The molecule has 0 aliphatic heterocycles. The van der Waals surface area contributed by atoms with Crippen molar-refractivity contribution < 1.29 is 22.7 Å². The van der Waals surface area contributed by atoms with Crippen LogP contribution in [0.2, 0.25) is 0 Å². The number of nitrogens with zero attached hydrogens (tertiary/aromatic N) is 1. The molecule has 130 valence electrons. The van der Waals surface area contributed by atoms with E-state index in [2.05, 4.69) is 5.92 Å². The highest BCUT2D eigenvalue weighted by Crippen LogP contribution is 2.21. The molecule has 25 heavy (non-hydrogen) atoms. The third kappa shape index (κ3) is 4.05. The van der Waals surface area contributed by atoms with Crippen molar-refractivity contribution in [2.24, 2.45) is 0 Å². The van der Waals surface area contributed by atoms with Crippen LogP contribution in [0.15, 0.2) is 53.4 Å². The van der Waals surface area contributed by atoms with Crippen molar-refractivity contribution in [2.45, 2.75) is 17.4 Å². The van der Waals surface area contributed by atoms with Gasteiger partial charge in [0.2, 0.25) is 10.0 Å². The van der Waals surface area contributed by atoms with E-state index in [-0.39, 0.29) is 16.9 Å². The summed E-state index contributed by atoms with van der Waals surface area (Å²) in [5.41, 5.74) is 0.603. The summed E-state index contributed by atoms with van der Waals surface area (Å²) in [6, 6.07) is 10.4. The summed E-state index contributed by atoms with van der Waals surface area (Å²) in [5, 5.41) is 9.45. The summed E-state index contributed by atoms with van der Waals surface area (Å²) in [7, 11) is -3.05. The minimum Gasteiger partial charge on any atom is -0.480 e. The molecule has 2 aromatic carbocycles. The van der Waals surface area contributed by atoms with Gasteiger partial charge in [-0.3, -0.25) is 4.79 Å². The molecule has 0 aliphatic rings. The number of hydrogen-bond donors (Lipinski definition) is 1. The van der Waals surface area contributed by atoms with Crippen LogP contribution in [-0.2, 0) is 21.2 Å². The zero-order valence-electron chi connectivity index (χ0n) is 13.4. The minimum absolute atomic E-state index is 0.0170. The monoisotopic (exact) mass is 361 g/mol. The lowest BCUT2D eigenvalue weighted by Gasteiger charge is -2.24. The van der Waals surface area contributed by atoms with E-state index in [4.69, 9.17) is 6.42 Å². The maximum absolute atomic E-state index is 13.8. The Kier molecular flexibility index (Phi) is 5.57. The van der Waals surface area contributed by atoms with Gasteiger partial charge in [-0.2, -0.15) is 4.31 Å². The topological polar surface area (TPSA) is 74.7 Å². The SMILES string of the molecule is C#Cc1ccc(S(=O)(=O)N(C)[C@@H](Cc2ccccc2)C(=O)O)cc1F. The second-order valence-corrected chi connectivity index (χ2v) is 7.35. The molecule has 5 nitrogen and oxygen atoms in total. The lowest BCUT2D eigenvalue weighted by Crippen LogP contribution is -2.43. The fraction of sp³-hybridized carbons (Fsp3) is 0.167. The minimum atomic E-state index is -4.21. The molecule has 0 bridgehead atoms. The van der Waals surface area contributed by atoms with Crippen LogP contribution in [-0.4, -0.2) is 36.9 Å². The third-order valence-electron chi connectivity index (χ3n) is 3.77. The number of rotatable bonds is 6. The van der Waals surface area contributed by atoms with E-state index in [0.717, 1.165) is 23.5 Å². The van der Waals surface area contributed by atoms with Crippen LogP contribution in [0.5, 0.6) is 0 Å². The molecule has 0 saturated carbocycles. The summed E-state index contributed by atoms with van der Waals surface area (Å²) in [6.45, 7) is 0. The number of halogens is 1. The molecule has 0 saturated heterocycles. The number of sulfonamides is 1. The summed E-state index contributed by atoms with van der Waals surface area (Å²) >= 11 is 0. The molecule has 0 aromatic heterocycles. The number of carboxylic acid groups (broad SMARTS) is 1. The Morgan fingerprint density at radius 1 is 1.28 bits per heavy atom. The van der Waals surface area contributed by atoms with E-state index in [1.165, 1.54) is 6.07 Å². The van der Waals surface area contributed by atoms with Crippen LogP contribution in [0.3, 0.4) is 0 Å². The predicted octanol–water partition coefficient (Wildman–Crippen LogP) is 2.12. The summed E-state index contributed by atoms with van der Waals surface area (Å²) < 4.78 is 39.9. The zero-order chi connectivity index (χ0) is 18.6. The number of likely N-dealkylation sites (N-methyl/N-ethyl adjacent to an activating group) is 1. The van der Waals surface area contributed by atoms with Gasteiger partial charge in [0, 0.05) is 7.05 Å². The Morgan fingerprint density at radius 3 is 2.44 bits per heavy atom. The summed E-state index contributed by atoms with van der Waals surface area (Å²) in [6.07, 6.45) is 5.10. The molecular weight excluding hydrogens is 345 g/mol. The van der Waals surface area contributed by atoms with E-state index in [1.54, 1.807) is 30.3 Å². The summed E-state index contributed by atoms with van der Waals surface area (Å²) in [5.74, 6) is -0.0512. The zero-order valence-corrected chi connectivity index (χ0v) is 14.2. The Morgan fingerprint density at radius 2 is 1.92 bits per heavy atom. The highest BCUT2D eigenvalue weighted by Gasteiger charge is 2.33. The third-order valence-corrected chi connectivity index (χ3v) is 5.63. The van der Waals surface area contributed by atoms with Gasteiger partial charge in [0.15, 0.2) is 0 Å². The number of aliphatic carboxylic acids is 1. The van der Waals surface area contributed by atoms with Crippen LogP contribution in [0, 0.1) is 18.2 Å². The first-order valence-corrected chi connectivity index (χ1v) is 8.72. The van der Waals surface area contributed by atoms with Crippen LogP contribution in [0.25, 0.3) is 0 Å². The average Bonchev–Trinajstić information content (AvgIpc) is 2.59. The Bertz CT molecular complexity index is 920. The lowest BCUT2D eigenvalue weighted by atomic mass is 10.1. The van der Waals surface area contributed by atoms with E-state index < -0.39 is 27.9 Å². The lowest BCUT2D eigenvalue weighted by molar-refractivity contribution is -0.141. The molecule has 0 unspecified atom stereocenters. The van der Waals surface area contributed by atoms with Gasteiger partial charge in [-0.05, 0) is 30.2 Å². The summed E-state index contributed by atoms with van der Waals surface area (Å²) in [4.78, 5) is 11.2. The molecule has 0 aliphatic carbocycles. The Hall–Kier alpha value is -2.69. The van der Waals surface area contributed by atoms with E-state index in [0.29, 0.717) is 5.56 Å². The van der Waals surface area contributed by atoms with Gasteiger partial charge in [0.05, 0.1) is 10.5 Å². The van der Waals surface area contributed by atoms with Gasteiger partial charge >= 0.3 is 5.97 Å². The highest BCUT2D eigenvalue weighted by molar-refractivity contribution is 7.89. The number of terminal acetylenes is 1. The molecule has 2 aromatic rings.